The van der Waals surface area contributed by atoms with Gasteiger partial charge < -0.3 is 9.80 Å². The Morgan fingerprint density at radius 2 is 1.83 bits per heavy atom. The Hall–Kier alpha value is -2.10. The van der Waals surface area contributed by atoms with Crippen LogP contribution in [-0.2, 0) is 0 Å². The summed E-state index contributed by atoms with van der Waals surface area (Å²) < 4.78 is 0. The Morgan fingerprint density at radius 1 is 1.04 bits per heavy atom. The molecule has 0 unspecified atom stereocenters. The van der Waals surface area contributed by atoms with Gasteiger partial charge in [0.25, 0.3) is 0 Å². The van der Waals surface area contributed by atoms with E-state index in [1.165, 1.54) is 25.7 Å². The second kappa shape index (κ2) is 7.95. The van der Waals surface area contributed by atoms with E-state index < -0.39 is 0 Å². The summed E-state index contributed by atoms with van der Waals surface area (Å²) >= 11 is 0. The standard InChI is InChI=1S/C19H26N4/c1-2-13-22-16-9-12-18(22)21-19(23-14-7-4-8-15-23)20-17-10-5-3-6-11-17/h2-3,5-6,10-11H,1,4,7-9,12-16H2. The van der Waals surface area contributed by atoms with E-state index in [4.69, 9.17) is 9.98 Å². The molecule has 3 rings (SSSR count). The normalized spacial score (nSPS) is 21.0. The van der Waals surface area contributed by atoms with Crippen LogP contribution in [-0.4, -0.2) is 47.8 Å². The molecular formula is C19H26N4. The van der Waals surface area contributed by atoms with Crippen LogP contribution in [0.25, 0.3) is 0 Å². The minimum atomic E-state index is 0.872. The first-order valence-corrected chi connectivity index (χ1v) is 8.69. The molecule has 0 aromatic heterocycles. The molecule has 0 atom stereocenters. The van der Waals surface area contributed by atoms with Crippen molar-refractivity contribution in [3.05, 3.63) is 43.0 Å². The van der Waals surface area contributed by atoms with E-state index in [-0.39, 0.29) is 0 Å². The van der Waals surface area contributed by atoms with Gasteiger partial charge in [-0.25, -0.2) is 4.99 Å². The van der Waals surface area contributed by atoms with E-state index in [0.29, 0.717) is 0 Å². The predicted octanol–water partition coefficient (Wildman–Crippen LogP) is 3.84. The van der Waals surface area contributed by atoms with Crippen LogP contribution in [0.5, 0.6) is 0 Å². The summed E-state index contributed by atoms with van der Waals surface area (Å²) in [6.07, 6.45) is 7.94. The van der Waals surface area contributed by atoms with E-state index in [2.05, 4.69) is 16.4 Å². The molecule has 122 valence electrons. The first-order chi connectivity index (χ1) is 11.4. The zero-order chi connectivity index (χ0) is 15.9. The van der Waals surface area contributed by atoms with Crippen molar-refractivity contribution in [2.75, 3.05) is 26.2 Å². The molecule has 4 heteroatoms. The van der Waals surface area contributed by atoms with Crippen molar-refractivity contribution in [2.24, 2.45) is 9.98 Å². The van der Waals surface area contributed by atoms with Gasteiger partial charge >= 0.3 is 0 Å². The Kier molecular flexibility index (Phi) is 5.46. The van der Waals surface area contributed by atoms with Gasteiger partial charge in [-0.1, -0.05) is 24.3 Å². The van der Waals surface area contributed by atoms with Crippen molar-refractivity contribution < 1.29 is 0 Å². The van der Waals surface area contributed by atoms with Gasteiger partial charge in [-0.3, -0.25) is 0 Å². The number of rotatable bonds is 3. The Bertz CT molecular complexity index is 570. The first-order valence-electron chi connectivity index (χ1n) is 8.69. The number of piperidine rings is 1. The summed E-state index contributed by atoms with van der Waals surface area (Å²) in [5.41, 5.74) is 0.977. The fourth-order valence-electron chi connectivity index (χ4n) is 3.19. The van der Waals surface area contributed by atoms with Gasteiger partial charge in [-0.05, 0) is 37.8 Å². The van der Waals surface area contributed by atoms with Crippen LogP contribution >= 0.6 is 0 Å². The van der Waals surface area contributed by atoms with Crippen molar-refractivity contribution in [1.29, 1.82) is 0 Å². The molecule has 0 amide bonds. The number of benzene rings is 1. The molecule has 2 saturated heterocycles. The third-order valence-corrected chi connectivity index (χ3v) is 4.40. The minimum absolute atomic E-state index is 0.872. The van der Waals surface area contributed by atoms with Crippen molar-refractivity contribution in [3.63, 3.8) is 0 Å². The van der Waals surface area contributed by atoms with Crippen LogP contribution in [0.4, 0.5) is 5.69 Å². The maximum absolute atomic E-state index is 4.97. The molecule has 23 heavy (non-hydrogen) atoms. The number of aliphatic imine (C=N–C) groups is 2. The largest absolute Gasteiger partial charge is 0.356 e. The van der Waals surface area contributed by atoms with Crippen LogP contribution in [0.2, 0.25) is 0 Å². The zero-order valence-corrected chi connectivity index (χ0v) is 13.8. The fourth-order valence-corrected chi connectivity index (χ4v) is 3.19. The monoisotopic (exact) mass is 310 g/mol. The van der Waals surface area contributed by atoms with Gasteiger partial charge in [0.2, 0.25) is 5.96 Å². The zero-order valence-electron chi connectivity index (χ0n) is 13.8. The van der Waals surface area contributed by atoms with Crippen LogP contribution < -0.4 is 0 Å². The van der Waals surface area contributed by atoms with Gasteiger partial charge in [-0.2, -0.15) is 4.99 Å². The smallest absolute Gasteiger partial charge is 0.227 e. The SMILES string of the molecule is C=CCN1CCCC1=NC(=Nc1ccccc1)N1CCCCC1. The summed E-state index contributed by atoms with van der Waals surface area (Å²) in [7, 11) is 0. The first kappa shape index (κ1) is 15.8. The number of guanidine groups is 1. The molecule has 2 aliphatic rings. The number of nitrogens with zero attached hydrogens (tertiary/aromatic N) is 4. The third kappa shape index (κ3) is 4.21. The van der Waals surface area contributed by atoms with E-state index in [9.17, 15) is 0 Å². The molecule has 4 nitrogen and oxygen atoms in total. The third-order valence-electron chi connectivity index (χ3n) is 4.40. The van der Waals surface area contributed by atoms with Crippen LogP contribution in [0.3, 0.4) is 0 Å². The Balaban J connectivity index is 1.88. The molecule has 1 aromatic carbocycles. The maximum Gasteiger partial charge on any atom is 0.227 e. The van der Waals surface area contributed by atoms with Crippen LogP contribution in [0.1, 0.15) is 32.1 Å². The van der Waals surface area contributed by atoms with E-state index >= 15 is 0 Å². The van der Waals surface area contributed by atoms with E-state index in [0.717, 1.165) is 50.1 Å². The minimum Gasteiger partial charge on any atom is -0.356 e. The second-order valence-corrected chi connectivity index (χ2v) is 6.16. The molecule has 1 aromatic rings. The molecule has 0 radical (unpaired) electrons. The maximum atomic E-state index is 4.97. The van der Waals surface area contributed by atoms with Gasteiger partial charge in [0.1, 0.15) is 5.84 Å². The van der Waals surface area contributed by atoms with Crippen molar-refractivity contribution in [1.82, 2.24) is 9.80 Å². The Morgan fingerprint density at radius 3 is 2.57 bits per heavy atom. The van der Waals surface area contributed by atoms with E-state index in [1.54, 1.807) is 0 Å². The number of hydrogen-bond donors (Lipinski definition) is 0. The number of hydrogen-bond acceptors (Lipinski definition) is 1. The highest BCUT2D eigenvalue weighted by Gasteiger charge is 2.21. The summed E-state index contributed by atoms with van der Waals surface area (Å²) in [5.74, 6) is 2.03. The molecule has 2 fully saturated rings. The van der Waals surface area contributed by atoms with Crippen LogP contribution in [0.15, 0.2) is 53.0 Å². The van der Waals surface area contributed by atoms with Crippen molar-refractivity contribution in [2.45, 2.75) is 32.1 Å². The van der Waals surface area contributed by atoms with Gasteiger partial charge in [0, 0.05) is 32.6 Å². The summed E-state index contributed by atoms with van der Waals surface area (Å²) in [6, 6.07) is 10.2. The highest BCUT2D eigenvalue weighted by molar-refractivity contribution is 5.97. The number of para-hydroxylation sites is 1. The molecule has 0 aliphatic carbocycles. The molecular weight excluding hydrogens is 284 g/mol. The van der Waals surface area contributed by atoms with E-state index in [1.807, 2.05) is 36.4 Å². The van der Waals surface area contributed by atoms with Gasteiger partial charge in [0.05, 0.1) is 5.69 Å². The summed E-state index contributed by atoms with van der Waals surface area (Å²) in [5, 5.41) is 0. The average Bonchev–Trinajstić information content (AvgIpc) is 3.03. The fraction of sp³-hybridized carbons (Fsp3) is 0.474. The summed E-state index contributed by atoms with van der Waals surface area (Å²) in [4.78, 5) is 14.5. The Labute approximate surface area is 139 Å². The quantitative estimate of drug-likeness (QED) is 0.482. The van der Waals surface area contributed by atoms with Gasteiger partial charge in [-0.15, -0.1) is 6.58 Å². The molecule has 0 spiro atoms. The highest BCUT2D eigenvalue weighted by atomic mass is 15.3. The second-order valence-electron chi connectivity index (χ2n) is 6.16. The number of likely N-dealkylation sites (tertiary alicyclic amines) is 2. The van der Waals surface area contributed by atoms with Gasteiger partial charge in [0.15, 0.2) is 0 Å². The van der Waals surface area contributed by atoms with Crippen molar-refractivity contribution in [3.8, 4) is 0 Å². The number of amidine groups is 1. The average molecular weight is 310 g/mol. The molecule has 2 aliphatic heterocycles. The molecule has 0 N–H and O–H groups in total. The lowest BCUT2D eigenvalue weighted by atomic mass is 10.1. The highest BCUT2D eigenvalue weighted by Crippen LogP contribution is 2.18. The lowest BCUT2D eigenvalue weighted by Crippen LogP contribution is -2.36. The van der Waals surface area contributed by atoms with Crippen LogP contribution in [0, 0.1) is 0 Å². The summed E-state index contributed by atoms with van der Waals surface area (Å²) in [6.45, 7) is 7.92. The molecule has 2 heterocycles. The predicted molar refractivity (Wildman–Crippen MR) is 97.4 cm³/mol. The lowest BCUT2D eigenvalue weighted by Gasteiger charge is -2.28. The topological polar surface area (TPSA) is 31.2 Å². The molecule has 0 bridgehead atoms. The molecule has 0 saturated carbocycles. The van der Waals surface area contributed by atoms with Crippen molar-refractivity contribution >= 4 is 17.5 Å². The lowest BCUT2D eigenvalue weighted by molar-refractivity contribution is 0.339.